The van der Waals surface area contributed by atoms with Gasteiger partial charge in [-0.25, -0.2) is 0 Å². The van der Waals surface area contributed by atoms with Gasteiger partial charge < -0.3 is 21.1 Å². The maximum absolute atomic E-state index is 11.7. The van der Waals surface area contributed by atoms with E-state index >= 15 is 0 Å². The van der Waals surface area contributed by atoms with Crippen molar-refractivity contribution >= 4 is 23.0 Å². The van der Waals surface area contributed by atoms with Crippen molar-refractivity contribution in [3.05, 3.63) is 12.1 Å². The highest BCUT2D eigenvalue weighted by Gasteiger charge is 2.55. The number of ether oxygens (including phenoxy) is 1. The number of benzene rings is 1. The van der Waals surface area contributed by atoms with Gasteiger partial charge in [-0.3, -0.25) is 4.79 Å². The van der Waals surface area contributed by atoms with E-state index < -0.39 is 5.60 Å². The monoisotopic (exact) mass is 219 g/mol. The van der Waals surface area contributed by atoms with E-state index in [4.69, 9.17) is 10.5 Å². The van der Waals surface area contributed by atoms with Gasteiger partial charge >= 0.3 is 0 Å². The van der Waals surface area contributed by atoms with Gasteiger partial charge in [0.1, 0.15) is 5.75 Å². The van der Waals surface area contributed by atoms with Crippen LogP contribution in [-0.4, -0.2) is 18.6 Å². The zero-order valence-corrected chi connectivity index (χ0v) is 8.96. The molecule has 0 unspecified atom stereocenters. The summed E-state index contributed by atoms with van der Waals surface area (Å²) in [5.41, 5.74) is 7.27. The smallest absolute Gasteiger partial charge is 0.268 e. The number of fused-ring (bicyclic) bond motifs is 1. The minimum atomic E-state index is -0.603. The summed E-state index contributed by atoms with van der Waals surface area (Å²) in [6, 6.07) is 3.54. The van der Waals surface area contributed by atoms with Crippen molar-refractivity contribution in [2.24, 2.45) is 0 Å². The zero-order valence-electron chi connectivity index (χ0n) is 8.96. The lowest BCUT2D eigenvalue weighted by molar-refractivity contribution is -0.125. The van der Waals surface area contributed by atoms with Crippen LogP contribution in [0.4, 0.5) is 17.1 Å². The van der Waals surface area contributed by atoms with Crippen molar-refractivity contribution in [1.82, 2.24) is 0 Å². The van der Waals surface area contributed by atoms with Crippen LogP contribution >= 0.6 is 0 Å². The first-order chi connectivity index (χ1) is 7.64. The second kappa shape index (κ2) is 2.81. The molecule has 0 bridgehead atoms. The number of anilines is 3. The number of amides is 1. The molecule has 5 nitrogen and oxygen atoms in total. The molecule has 5 heteroatoms. The van der Waals surface area contributed by atoms with Crippen LogP contribution in [0.25, 0.3) is 0 Å². The molecule has 1 amide bonds. The first-order valence-electron chi connectivity index (χ1n) is 5.26. The fraction of sp³-hybridized carbons (Fsp3) is 0.364. The Morgan fingerprint density at radius 2 is 2.25 bits per heavy atom. The van der Waals surface area contributed by atoms with Crippen LogP contribution in [0.5, 0.6) is 5.75 Å². The summed E-state index contributed by atoms with van der Waals surface area (Å²) in [4.78, 5) is 11.7. The van der Waals surface area contributed by atoms with Crippen molar-refractivity contribution in [3.8, 4) is 5.75 Å². The fourth-order valence-corrected chi connectivity index (χ4v) is 1.93. The molecule has 0 aromatic heterocycles. The van der Waals surface area contributed by atoms with Crippen LogP contribution in [0.1, 0.15) is 12.8 Å². The van der Waals surface area contributed by atoms with E-state index in [2.05, 4.69) is 10.6 Å². The molecule has 84 valence electrons. The van der Waals surface area contributed by atoms with Crippen molar-refractivity contribution in [2.45, 2.75) is 18.4 Å². The van der Waals surface area contributed by atoms with Crippen LogP contribution in [-0.2, 0) is 4.79 Å². The minimum Gasteiger partial charge on any atom is -0.475 e. The third-order valence-corrected chi connectivity index (χ3v) is 3.09. The SMILES string of the molecule is CNc1cc2c(cc1N)NC(=O)C1(CC1)O2. The molecule has 0 radical (unpaired) electrons. The van der Waals surface area contributed by atoms with Crippen LogP contribution in [0.2, 0.25) is 0 Å². The van der Waals surface area contributed by atoms with E-state index in [0.717, 1.165) is 18.5 Å². The number of nitrogens with one attached hydrogen (secondary N) is 2. The molecule has 1 aromatic carbocycles. The Labute approximate surface area is 93.0 Å². The molecule has 1 aliphatic carbocycles. The molecule has 2 aliphatic rings. The standard InChI is InChI=1S/C11H13N3O2/c1-13-7-5-9-8(4-6(7)12)14-10(15)11(16-9)2-3-11/h4-5,13H,2-3,12H2,1H3,(H,14,15). The van der Waals surface area contributed by atoms with Crippen LogP contribution in [0, 0.1) is 0 Å². The highest BCUT2D eigenvalue weighted by molar-refractivity contribution is 6.03. The zero-order chi connectivity index (χ0) is 11.3. The van der Waals surface area contributed by atoms with Gasteiger partial charge in [0, 0.05) is 26.0 Å². The molecular weight excluding hydrogens is 206 g/mol. The summed E-state index contributed by atoms with van der Waals surface area (Å²) < 4.78 is 5.73. The quantitative estimate of drug-likeness (QED) is 0.620. The summed E-state index contributed by atoms with van der Waals surface area (Å²) in [5.74, 6) is 0.632. The van der Waals surface area contributed by atoms with Gasteiger partial charge in [-0.15, -0.1) is 0 Å². The van der Waals surface area contributed by atoms with Crippen LogP contribution in [0.3, 0.4) is 0 Å². The summed E-state index contributed by atoms with van der Waals surface area (Å²) >= 11 is 0. The van der Waals surface area contributed by atoms with Crippen LogP contribution < -0.4 is 21.1 Å². The number of carbonyl (C=O) groups is 1. The third kappa shape index (κ3) is 1.14. The number of hydrogen-bond donors (Lipinski definition) is 3. The van der Waals surface area contributed by atoms with E-state index in [0.29, 0.717) is 17.1 Å². The first-order valence-corrected chi connectivity index (χ1v) is 5.26. The Kier molecular flexibility index (Phi) is 1.64. The van der Waals surface area contributed by atoms with E-state index in [9.17, 15) is 4.79 Å². The molecule has 3 rings (SSSR count). The molecule has 16 heavy (non-hydrogen) atoms. The molecule has 1 aliphatic heterocycles. The normalized spacial score (nSPS) is 19.7. The lowest BCUT2D eigenvalue weighted by Gasteiger charge is -2.26. The summed E-state index contributed by atoms with van der Waals surface area (Å²) in [6.45, 7) is 0. The highest BCUT2D eigenvalue weighted by Crippen LogP contribution is 2.48. The molecule has 4 N–H and O–H groups in total. The predicted octanol–water partition coefficient (Wildman–Crippen LogP) is 1.17. The number of nitrogen functional groups attached to an aromatic ring is 1. The largest absolute Gasteiger partial charge is 0.475 e. The molecule has 0 atom stereocenters. The van der Waals surface area contributed by atoms with Crippen molar-refractivity contribution < 1.29 is 9.53 Å². The molecule has 0 saturated heterocycles. The second-order valence-corrected chi connectivity index (χ2v) is 4.24. The number of hydrogen-bond acceptors (Lipinski definition) is 4. The fourth-order valence-electron chi connectivity index (χ4n) is 1.93. The Bertz CT molecular complexity index is 480. The maximum atomic E-state index is 11.7. The molecule has 1 saturated carbocycles. The van der Waals surface area contributed by atoms with Gasteiger partial charge in [-0.1, -0.05) is 0 Å². The van der Waals surface area contributed by atoms with Crippen molar-refractivity contribution in [1.29, 1.82) is 0 Å². The number of nitrogens with two attached hydrogens (primary N) is 1. The number of carbonyl (C=O) groups excluding carboxylic acids is 1. The average Bonchev–Trinajstić information content (AvgIpc) is 3.01. The van der Waals surface area contributed by atoms with Crippen molar-refractivity contribution in [3.63, 3.8) is 0 Å². The summed E-state index contributed by atoms with van der Waals surface area (Å²) in [7, 11) is 1.80. The van der Waals surface area contributed by atoms with Gasteiger partial charge in [0.15, 0.2) is 5.60 Å². The van der Waals surface area contributed by atoms with E-state index in [1.54, 1.807) is 13.1 Å². The van der Waals surface area contributed by atoms with Gasteiger partial charge in [0.25, 0.3) is 5.91 Å². The Morgan fingerprint density at radius 3 is 2.88 bits per heavy atom. The number of rotatable bonds is 1. The molecule has 1 heterocycles. The van der Waals surface area contributed by atoms with E-state index in [-0.39, 0.29) is 5.91 Å². The molecule has 1 aromatic rings. The van der Waals surface area contributed by atoms with E-state index in [1.165, 1.54) is 0 Å². The van der Waals surface area contributed by atoms with Gasteiger partial charge in [0.2, 0.25) is 0 Å². The minimum absolute atomic E-state index is 0.0587. The van der Waals surface area contributed by atoms with Gasteiger partial charge in [-0.2, -0.15) is 0 Å². The predicted molar refractivity (Wildman–Crippen MR) is 61.6 cm³/mol. The molecular formula is C11H13N3O2. The summed E-state index contributed by atoms with van der Waals surface area (Å²) in [5, 5.41) is 5.82. The first kappa shape index (κ1) is 9.33. The molecule has 1 spiro atoms. The van der Waals surface area contributed by atoms with Crippen molar-refractivity contribution in [2.75, 3.05) is 23.4 Å². The third-order valence-electron chi connectivity index (χ3n) is 3.09. The lowest BCUT2D eigenvalue weighted by Crippen LogP contribution is -2.39. The van der Waals surface area contributed by atoms with Crippen LogP contribution in [0.15, 0.2) is 12.1 Å². The maximum Gasteiger partial charge on any atom is 0.268 e. The average molecular weight is 219 g/mol. The highest BCUT2D eigenvalue weighted by atomic mass is 16.5. The Morgan fingerprint density at radius 1 is 1.50 bits per heavy atom. The van der Waals surface area contributed by atoms with Gasteiger partial charge in [-0.05, 0) is 6.07 Å². The Hall–Kier alpha value is -1.91. The topological polar surface area (TPSA) is 76.4 Å². The van der Waals surface area contributed by atoms with E-state index in [1.807, 2.05) is 6.07 Å². The second-order valence-electron chi connectivity index (χ2n) is 4.24. The Balaban J connectivity index is 2.06. The van der Waals surface area contributed by atoms with Gasteiger partial charge in [0.05, 0.1) is 17.1 Å². The molecule has 1 fully saturated rings. The lowest BCUT2D eigenvalue weighted by atomic mass is 10.1. The summed E-state index contributed by atoms with van der Waals surface area (Å²) in [6.07, 6.45) is 1.58.